The first-order valence-corrected chi connectivity index (χ1v) is 12.0. The highest BCUT2D eigenvalue weighted by Crippen LogP contribution is 2.40. The van der Waals surface area contributed by atoms with Gasteiger partial charge in [0.2, 0.25) is 0 Å². The van der Waals surface area contributed by atoms with Gasteiger partial charge in [0.05, 0.1) is 25.7 Å². The van der Waals surface area contributed by atoms with Crippen LogP contribution in [0.1, 0.15) is 33.6 Å². The summed E-state index contributed by atoms with van der Waals surface area (Å²) in [4.78, 5) is 11.5. The molecule has 4 nitrogen and oxygen atoms in total. The van der Waals surface area contributed by atoms with Gasteiger partial charge in [0.1, 0.15) is 6.10 Å². The molecule has 6 heteroatoms. The van der Waals surface area contributed by atoms with Gasteiger partial charge in [-0.1, -0.05) is 49.9 Å². The predicted molar refractivity (Wildman–Crippen MR) is 104 cm³/mol. The van der Waals surface area contributed by atoms with Crippen molar-refractivity contribution in [1.82, 2.24) is 0 Å². The fourth-order valence-electron chi connectivity index (χ4n) is 2.23. The van der Waals surface area contributed by atoms with E-state index < -0.39 is 8.32 Å². The number of hydrogen-bond acceptors (Lipinski definition) is 4. The molecule has 0 aromatic rings. The fourth-order valence-corrected chi connectivity index (χ4v) is 3.93. The van der Waals surface area contributed by atoms with E-state index in [0.29, 0.717) is 6.42 Å². The highest BCUT2D eigenvalue weighted by atomic mass is 127. The lowest BCUT2D eigenvalue weighted by molar-refractivity contribution is -0.146. The van der Waals surface area contributed by atoms with Crippen molar-refractivity contribution < 1.29 is 18.7 Å². The third-order valence-electron chi connectivity index (χ3n) is 4.65. The first kappa shape index (κ1) is 20.9. The van der Waals surface area contributed by atoms with Crippen LogP contribution in [0.4, 0.5) is 0 Å². The number of esters is 1. The molecule has 1 aliphatic heterocycles. The standard InChI is InChI=1S/C17H29IO4Si/c1-12-10-13(11-15(19)20-5)21-14(8-9-18)16(12)22-23(6,7)17(2,3)4/h8-9,13-14,16H,1,10-11H2,2-7H3/b9-8+/t13-,14+,16?/m0/s1. The molecule has 1 saturated heterocycles. The van der Waals surface area contributed by atoms with Crippen molar-refractivity contribution in [2.45, 2.75) is 70.1 Å². The summed E-state index contributed by atoms with van der Waals surface area (Å²) in [5, 5.41) is 0.120. The molecule has 1 heterocycles. The molecule has 0 aliphatic carbocycles. The van der Waals surface area contributed by atoms with E-state index in [4.69, 9.17) is 13.9 Å². The number of carbonyl (C=O) groups excluding carboxylic acids is 1. The van der Waals surface area contributed by atoms with Gasteiger partial charge < -0.3 is 13.9 Å². The summed E-state index contributed by atoms with van der Waals surface area (Å²) in [6, 6.07) is 0. The molecule has 1 aliphatic rings. The lowest BCUT2D eigenvalue weighted by Gasteiger charge is -2.44. The van der Waals surface area contributed by atoms with Crippen LogP contribution >= 0.6 is 22.6 Å². The van der Waals surface area contributed by atoms with Gasteiger partial charge in [0.25, 0.3) is 0 Å². The largest absolute Gasteiger partial charge is 0.469 e. The minimum atomic E-state index is -1.93. The van der Waals surface area contributed by atoms with Gasteiger partial charge in [-0.3, -0.25) is 4.79 Å². The Morgan fingerprint density at radius 1 is 1.48 bits per heavy atom. The zero-order chi connectivity index (χ0) is 17.8. The predicted octanol–water partition coefficient (Wildman–Crippen LogP) is 4.60. The third kappa shape index (κ3) is 5.69. The summed E-state index contributed by atoms with van der Waals surface area (Å²) < 4.78 is 19.3. The van der Waals surface area contributed by atoms with Crippen LogP contribution in [0, 0.1) is 0 Å². The molecular weight excluding hydrogens is 423 g/mol. The Labute approximate surface area is 154 Å². The zero-order valence-electron chi connectivity index (χ0n) is 15.0. The quantitative estimate of drug-likeness (QED) is 0.265. The van der Waals surface area contributed by atoms with E-state index in [-0.39, 0.29) is 35.7 Å². The Kier molecular flexibility index (Phi) is 7.50. The summed E-state index contributed by atoms with van der Waals surface area (Å²) in [5.41, 5.74) is 0.995. The van der Waals surface area contributed by atoms with Gasteiger partial charge in [0.15, 0.2) is 8.32 Å². The van der Waals surface area contributed by atoms with Crippen molar-refractivity contribution in [1.29, 1.82) is 0 Å². The third-order valence-corrected chi connectivity index (χ3v) is 9.52. The van der Waals surface area contributed by atoms with Gasteiger partial charge in [0, 0.05) is 0 Å². The maximum absolute atomic E-state index is 11.5. The van der Waals surface area contributed by atoms with Gasteiger partial charge >= 0.3 is 5.97 Å². The van der Waals surface area contributed by atoms with Crippen molar-refractivity contribution in [3.8, 4) is 0 Å². The molecule has 0 aromatic carbocycles. The zero-order valence-corrected chi connectivity index (χ0v) is 18.2. The highest BCUT2D eigenvalue weighted by molar-refractivity contribution is 14.1. The molecule has 0 amide bonds. The molecular formula is C17H29IO4Si. The fraction of sp³-hybridized carbons (Fsp3) is 0.706. The van der Waals surface area contributed by atoms with Crippen LogP contribution in [0.5, 0.6) is 0 Å². The Bertz CT molecular complexity index is 468. The Hall–Kier alpha value is -0.183. The van der Waals surface area contributed by atoms with E-state index in [1.165, 1.54) is 7.11 Å². The van der Waals surface area contributed by atoms with E-state index in [1.54, 1.807) is 0 Å². The highest BCUT2D eigenvalue weighted by Gasteiger charge is 2.43. The maximum atomic E-state index is 11.5. The van der Waals surface area contributed by atoms with E-state index in [2.05, 4.69) is 63.0 Å². The molecule has 0 radical (unpaired) electrons. The second-order valence-electron chi connectivity index (χ2n) is 7.48. The first-order valence-electron chi connectivity index (χ1n) is 7.86. The van der Waals surface area contributed by atoms with Crippen LogP contribution < -0.4 is 0 Å². The number of methoxy groups -OCH3 is 1. The number of hydrogen-bond donors (Lipinski definition) is 0. The van der Waals surface area contributed by atoms with Crippen molar-refractivity contribution in [2.75, 3.05) is 7.11 Å². The van der Waals surface area contributed by atoms with E-state index in [0.717, 1.165) is 5.57 Å². The van der Waals surface area contributed by atoms with Gasteiger partial charge in [-0.15, -0.1) is 0 Å². The van der Waals surface area contributed by atoms with E-state index >= 15 is 0 Å². The van der Waals surface area contributed by atoms with Crippen LogP contribution in [0.3, 0.4) is 0 Å². The lowest BCUT2D eigenvalue weighted by Crippen LogP contribution is -2.50. The Morgan fingerprint density at radius 3 is 2.57 bits per heavy atom. The van der Waals surface area contributed by atoms with Crippen molar-refractivity contribution in [2.24, 2.45) is 0 Å². The minimum Gasteiger partial charge on any atom is -0.469 e. The average Bonchev–Trinajstić information content (AvgIpc) is 2.41. The van der Waals surface area contributed by atoms with Gasteiger partial charge in [-0.2, -0.15) is 0 Å². The molecule has 1 rings (SSSR count). The Balaban J connectivity index is 2.91. The number of ether oxygens (including phenoxy) is 2. The summed E-state index contributed by atoms with van der Waals surface area (Å²) in [6.07, 6.45) is 2.28. The van der Waals surface area contributed by atoms with E-state index in [9.17, 15) is 4.79 Å². The van der Waals surface area contributed by atoms with Crippen molar-refractivity contribution in [3.63, 3.8) is 0 Å². The Morgan fingerprint density at radius 2 is 2.09 bits per heavy atom. The SMILES string of the molecule is C=C1C[C@@H](CC(=O)OC)O[C@H](/C=C/I)C1O[Si](C)(C)C(C)(C)C. The molecule has 0 spiro atoms. The van der Waals surface area contributed by atoms with Crippen LogP contribution in [-0.4, -0.2) is 39.7 Å². The number of carbonyl (C=O) groups is 1. The minimum absolute atomic E-state index is 0.120. The van der Waals surface area contributed by atoms with Crippen LogP contribution in [0.15, 0.2) is 22.3 Å². The van der Waals surface area contributed by atoms with Crippen molar-refractivity contribution >= 4 is 36.9 Å². The molecule has 0 N–H and O–H groups in total. The van der Waals surface area contributed by atoms with Crippen molar-refractivity contribution in [3.05, 3.63) is 22.3 Å². The van der Waals surface area contributed by atoms with Crippen LogP contribution in [0.25, 0.3) is 0 Å². The molecule has 3 atom stereocenters. The molecule has 0 aromatic heterocycles. The molecule has 1 fully saturated rings. The number of rotatable bonds is 5. The summed E-state index contributed by atoms with van der Waals surface area (Å²) in [7, 11) is -0.540. The van der Waals surface area contributed by atoms with Crippen LogP contribution in [-0.2, 0) is 18.7 Å². The molecule has 0 saturated carbocycles. The summed E-state index contributed by atoms with van der Waals surface area (Å²) >= 11 is 2.17. The molecule has 1 unspecified atom stereocenters. The first-order chi connectivity index (χ1) is 10.5. The summed E-state index contributed by atoms with van der Waals surface area (Å²) in [5.74, 6) is -0.260. The average molecular weight is 452 g/mol. The smallest absolute Gasteiger partial charge is 0.308 e. The summed E-state index contributed by atoms with van der Waals surface area (Å²) in [6.45, 7) is 15.3. The molecule has 132 valence electrons. The van der Waals surface area contributed by atoms with E-state index in [1.807, 2.05) is 10.2 Å². The lowest BCUT2D eigenvalue weighted by atomic mass is 9.95. The van der Waals surface area contributed by atoms with Gasteiger partial charge in [-0.05, 0) is 40.3 Å². The second kappa shape index (κ2) is 8.27. The van der Waals surface area contributed by atoms with Crippen LogP contribution in [0.2, 0.25) is 18.1 Å². The molecule has 0 bridgehead atoms. The monoisotopic (exact) mass is 452 g/mol. The van der Waals surface area contributed by atoms with Gasteiger partial charge in [-0.25, -0.2) is 0 Å². The molecule has 23 heavy (non-hydrogen) atoms. The topological polar surface area (TPSA) is 44.8 Å². The number of halogens is 1. The maximum Gasteiger partial charge on any atom is 0.308 e. The normalized spacial score (nSPS) is 26.6. The second-order valence-corrected chi connectivity index (χ2v) is 13.0.